The maximum absolute atomic E-state index is 5.83. The highest BCUT2D eigenvalue weighted by molar-refractivity contribution is 9.10. The Morgan fingerprint density at radius 3 is 2.10 bits per heavy atom. The van der Waals surface area contributed by atoms with Crippen LogP contribution in [0.3, 0.4) is 0 Å². The van der Waals surface area contributed by atoms with Crippen LogP contribution in [0.25, 0.3) is 0 Å². The zero-order chi connectivity index (χ0) is 14.9. The molecule has 0 saturated heterocycles. The topological polar surface area (TPSA) is 38.0 Å². The van der Waals surface area contributed by atoms with Gasteiger partial charge in [-0.2, -0.15) is 0 Å². The van der Waals surface area contributed by atoms with Gasteiger partial charge in [0.2, 0.25) is 0 Å². The highest BCUT2D eigenvalue weighted by atomic mass is 79.9. The number of hydrazine groups is 1. The molecule has 2 rings (SSSR count). The Morgan fingerprint density at radius 1 is 0.950 bits per heavy atom. The van der Waals surface area contributed by atoms with Crippen LogP contribution in [-0.4, -0.2) is 0 Å². The highest BCUT2D eigenvalue weighted by Crippen LogP contribution is 2.30. The number of rotatable bonds is 3. The summed E-state index contributed by atoms with van der Waals surface area (Å²) in [5, 5.41) is 0. The molecule has 2 aromatic rings. The Labute approximate surface area is 129 Å². The van der Waals surface area contributed by atoms with Crippen molar-refractivity contribution in [3.05, 3.63) is 68.2 Å². The van der Waals surface area contributed by atoms with Crippen LogP contribution in [0.5, 0.6) is 0 Å². The van der Waals surface area contributed by atoms with Crippen molar-refractivity contribution < 1.29 is 0 Å². The third kappa shape index (κ3) is 2.95. The third-order valence-corrected chi connectivity index (χ3v) is 4.96. The molecular weight excluding hydrogens is 312 g/mol. The van der Waals surface area contributed by atoms with Gasteiger partial charge >= 0.3 is 0 Å². The molecule has 0 heterocycles. The Hall–Kier alpha value is -1.16. The average molecular weight is 333 g/mol. The fourth-order valence-electron chi connectivity index (χ4n) is 2.58. The van der Waals surface area contributed by atoms with Crippen LogP contribution in [0, 0.1) is 27.7 Å². The van der Waals surface area contributed by atoms with Gasteiger partial charge in [0.1, 0.15) is 0 Å². The average Bonchev–Trinajstić information content (AvgIpc) is 2.40. The minimum atomic E-state index is 0.0143. The van der Waals surface area contributed by atoms with Gasteiger partial charge in [0.05, 0.1) is 6.04 Å². The van der Waals surface area contributed by atoms with Crippen molar-refractivity contribution >= 4 is 15.9 Å². The molecule has 106 valence electrons. The van der Waals surface area contributed by atoms with Gasteiger partial charge in [-0.1, -0.05) is 51.8 Å². The molecule has 3 heteroatoms. The van der Waals surface area contributed by atoms with E-state index in [1.165, 1.54) is 33.4 Å². The van der Waals surface area contributed by atoms with Crippen LogP contribution in [0.1, 0.15) is 39.4 Å². The molecular formula is C17H21BrN2. The molecule has 0 aliphatic carbocycles. The van der Waals surface area contributed by atoms with Crippen LogP contribution >= 0.6 is 15.9 Å². The number of nitrogens with one attached hydrogen (secondary N) is 1. The Morgan fingerprint density at radius 2 is 1.55 bits per heavy atom. The number of hydrogen-bond donors (Lipinski definition) is 2. The van der Waals surface area contributed by atoms with Crippen LogP contribution in [0.2, 0.25) is 0 Å². The van der Waals surface area contributed by atoms with E-state index in [9.17, 15) is 0 Å². The smallest absolute Gasteiger partial charge is 0.0712 e. The van der Waals surface area contributed by atoms with Crippen molar-refractivity contribution in [1.82, 2.24) is 5.43 Å². The van der Waals surface area contributed by atoms with E-state index in [-0.39, 0.29) is 6.04 Å². The molecule has 3 N–H and O–H groups in total. The second-order valence-corrected chi connectivity index (χ2v) is 6.22. The molecule has 1 unspecified atom stereocenters. The highest BCUT2D eigenvalue weighted by Gasteiger charge is 2.16. The van der Waals surface area contributed by atoms with E-state index in [1.807, 2.05) is 0 Å². The molecule has 0 fully saturated rings. The lowest BCUT2D eigenvalue weighted by Gasteiger charge is -2.21. The lowest BCUT2D eigenvalue weighted by atomic mass is 9.92. The van der Waals surface area contributed by atoms with Crippen molar-refractivity contribution in [2.75, 3.05) is 0 Å². The summed E-state index contributed by atoms with van der Waals surface area (Å²) in [6.07, 6.45) is 0. The van der Waals surface area contributed by atoms with E-state index in [0.717, 1.165) is 4.47 Å². The number of hydrogen-bond acceptors (Lipinski definition) is 2. The maximum atomic E-state index is 5.83. The summed E-state index contributed by atoms with van der Waals surface area (Å²) >= 11 is 3.61. The van der Waals surface area contributed by atoms with Crippen LogP contribution in [-0.2, 0) is 0 Å². The van der Waals surface area contributed by atoms with E-state index in [2.05, 4.69) is 79.4 Å². The first-order valence-electron chi connectivity index (χ1n) is 6.74. The van der Waals surface area contributed by atoms with E-state index in [1.54, 1.807) is 0 Å². The van der Waals surface area contributed by atoms with Gasteiger partial charge in [0.15, 0.2) is 0 Å². The van der Waals surface area contributed by atoms with Gasteiger partial charge < -0.3 is 0 Å². The van der Waals surface area contributed by atoms with Crippen LogP contribution < -0.4 is 11.3 Å². The first-order chi connectivity index (χ1) is 9.43. The van der Waals surface area contributed by atoms with Crippen molar-refractivity contribution in [2.45, 2.75) is 33.7 Å². The molecule has 0 saturated carbocycles. The van der Waals surface area contributed by atoms with Gasteiger partial charge in [0.25, 0.3) is 0 Å². The second kappa shape index (κ2) is 6.08. The summed E-state index contributed by atoms with van der Waals surface area (Å²) in [7, 11) is 0. The summed E-state index contributed by atoms with van der Waals surface area (Å²) in [4.78, 5) is 0. The molecule has 0 aromatic heterocycles. The van der Waals surface area contributed by atoms with Crippen molar-refractivity contribution in [3.8, 4) is 0 Å². The summed E-state index contributed by atoms with van der Waals surface area (Å²) in [6, 6.07) is 10.9. The van der Waals surface area contributed by atoms with Gasteiger partial charge in [0, 0.05) is 4.47 Å². The van der Waals surface area contributed by atoms with E-state index >= 15 is 0 Å². The lowest BCUT2D eigenvalue weighted by molar-refractivity contribution is 0.632. The summed E-state index contributed by atoms with van der Waals surface area (Å²) in [5.41, 5.74) is 10.3. The number of nitrogens with two attached hydrogens (primary N) is 1. The molecule has 1 atom stereocenters. The molecule has 0 bridgehead atoms. The quantitative estimate of drug-likeness (QED) is 0.651. The van der Waals surface area contributed by atoms with E-state index in [0.29, 0.717) is 0 Å². The molecule has 2 nitrogen and oxygen atoms in total. The summed E-state index contributed by atoms with van der Waals surface area (Å²) in [6.45, 7) is 8.45. The molecule has 0 spiro atoms. The van der Waals surface area contributed by atoms with Gasteiger partial charge in [-0.3, -0.25) is 5.84 Å². The van der Waals surface area contributed by atoms with Gasteiger partial charge in [-0.05, 0) is 55.5 Å². The fourth-order valence-corrected chi connectivity index (χ4v) is 2.81. The molecule has 0 aliphatic rings. The first kappa shape index (κ1) is 15.2. The monoisotopic (exact) mass is 332 g/mol. The van der Waals surface area contributed by atoms with E-state index in [4.69, 9.17) is 5.84 Å². The Bertz CT molecular complexity index is 612. The fraction of sp³-hybridized carbons (Fsp3) is 0.294. The first-order valence-corrected chi connectivity index (χ1v) is 7.53. The molecule has 0 aliphatic heterocycles. The molecule has 2 aromatic carbocycles. The summed E-state index contributed by atoms with van der Waals surface area (Å²) < 4.78 is 1.16. The maximum Gasteiger partial charge on any atom is 0.0712 e. The SMILES string of the molecule is Cc1ccc(C)c(C(NN)c2cc(C)c(Br)c(C)c2)c1. The normalized spacial score (nSPS) is 12.5. The molecule has 20 heavy (non-hydrogen) atoms. The second-order valence-electron chi connectivity index (χ2n) is 5.43. The van der Waals surface area contributed by atoms with Crippen molar-refractivity contribution in [3.63, 3.8) is 0 Å². The lowest BCUT2D eigenvalue weighted by Crippen LogP contribution is -2.29. The predicted molar refractivity (Wildman–Crippen MR) is 88.7 cm³/mol. The third-order valence-electron chi connectivity index (χ3n) is 3.70. The summed E-state index contributed by atoms with van der Waals surface area (Å²) in [5.74, 6) is 5.83. The number of halogens is 1. The minimum absolute atomic E-state index is 0.0143. The van der Waals surface area contributed by atoms with Crippen LogP contribution in [0.4, 0.5) is 0 Å². The Balaban J connectivity index is 2.55. The number of benzene rings is 2. The van der Waals surface area contributed by atoms with Crippen molar-refractivity contribution in [2.24, 2.45) is 5.84 Å². The van der Waals surface area contributed by atoms with Crippen LogP contribution in [0.15, 0.2) is 34.8 Å². The minimum Gasteiger partial charge on any atom is -0.271 e. The number of aryl methyl sites for hydroxylation is 4. The van der Waals surface area contributed by atoms with Gasteiger partial charge in [-0.15, -0.1) is 0 Å². The largest absolute Gasteiger partial charge is 0.271 e. The van der Waals surface area contributed by atoms with E-state index < -0.39 is 0 Å². The molecule has 0 radical (unpaired) electrons. The zero-order valence-corrected chi connectivity index (χ0v) is 14.0. The molecule has 0 amide bonds. The standard InChI is InChI=1S/C17H21BrN2/c1-10-5-6-11(2)15(7-10)17(20-19)14-8-12(3)16(18)13(4)9-14/h5-9,17,20H,19H2,1-4H3. The van der Waals surface area contributed by atoms with Gasteiger partial charge in [-0.25, -0.2) is 5.43 Å². The van der Waals surface area contributed by atoms with Crippen molar-refractivity contribution in [1.29, 1.82) is 0 Å². The predicted octanol–water partition coefficient (Wildman–Crippen LogP) is 4.24. The zero-order valence-electron chi connectivity index (χ0n) is 12.4. The Kier molecular flexibility index (Phi) is 4.63.